The second-order valence-corrected chi connectivity index (χ2v) is 9.30. The number of nitrogens with zero attached hydrogens (tertiary/aromatic N) is 2. The maximum atomic E-state index is 12.3. The molecule has 2 atom stereocenters. The lowest BCUT2D eigenvalue weighted by atomic mass is 9.96. The molecular weight excluding hydrogens is 318 g/mol. The molecule has 23 heavy (non-hydrogen) atoms. The van der Waals surface area contributed by atoms with Crippen LogP contribution in [0.25, 0.3) is 0 Å². The van der Waals surface area contributed by atoms with E-state index in [2.05, 4.69) is 10.5 Å². The highest BCUT2D eigenvalue weighted by atomic mass is 32.2. The van der Waals surface area contributed by atoms with E-state index in [9.17, 15) is 13.2 Å². The van der Waals surface area contributed by atoms with Gasteiger partial charge in [0.2, 0.25) is 0 Å². The summed E-state index contributed by atoms with van der Waals surface area (Å²) < 4.78 is 29.3. The molecule has 1 aromatic rings. The smallest absolute Gasteiger partial charge is 0.317 e. The predicted octanol–water partition coefficient (Wildman–Crippen LogP) is 1.27. The summed E-state index contributed by atoms with van der Waals surface area (Å²) in [6.45, 7) is 4.09. The molecule has 1 saturated heterocycles. The first-order valence-electron chi connectivity index (χ1n) is 8.11. The highest BCUT2D eigenvalue weighted by Gasteiger charge is 2.37. The zero-order chi connectivity index (χ0) is 16.6. The van der Waals surface area contributed by atoms with Crippen LogP contribution in [0.3, 0.4) is 0 Å². The number of hydrogen-bond donors (Lipinski definition) is 1. The van der Waals surface area contributed by atoms with Crippen molar-refractivity contribution in [2.45, 2.75) is 56.6 Å². The molecule has 0 aromatic carbocycles. The Morgan fingerprint density at radius 2 is 1.91 bits per heavy atom. The van der Waals surface area contributed by atoms with Crippen LogP contribution in [0.1, 0.15) is 43.7 Å². The number of carbonyl (C=O) groups excluding carboxylic acids is 1. The van der Waals surface area contributed by atoms with E-state index < -0.39 is 20.3 Å². The summed E-state index contributed by atoms with van der Waals surface area (Å²) in [5.74, 6) is 0.937. The van der Waals surface area contributed by atoms with Gasteiger partial charge in [0, 0.05) is 25.1 Å². The third-order valence-electron chi connectivity index (χ3n) is 4.80. The van der Waals surface area contributed by atoms with Crippen molar-refractivity contribution >= 4 is 15.9 Å². The molecule has 0 radical (unpaired) electrons. The molecule has 2 aliphatic rings. The van der Waals surface area contributed by atoms with Crippen LogP contribution < -0.4 is 5.32 Å². The molecule has 1 aliphatic carbocycles. The molecule has 1 aliphatic heterocycles. The number of aromatic nitrogens is 1. The van der Waals surface area contributed by atoms with Crippen LogP contribution in [0.4, 0.5) is 4.79 Å². The summed E-state index contributed by atoms with van der Waals surface area (Å²) in [7, 11) is -3.13. The maximum Gasteiger partial charge on any atom is 0.317 e. The fourth-order valence-electron chi connectivity index (χ4n) is 3.32. The normalized spacial score (nSPS) is 26.6. The van der Waals surface area contributed by atoms with Gasteiger partial charge < -0.3 is 14.7 Å². The Morgan fingerprint density at radius 1 is 1.26 bits per heavy atom. The first-order chi connectivity index (χ1) is 10.9. The van der Waals surface area contributed by atoms with Crippen LogP contribution in [-0.4, -0.2) is 48.1 Å². The van der Waals surface area contributed by atoms with Crippen LogP contribution in [0.5, 0.6) is 0 Å². The lowest BCUT2D eigenvalue weighted by molar-refractivity contribution is 0.194. The summed E-state index contributed by atoms with van der Waals surface area (Å²) in [6, 6.07) is -0.244. The molecule has 3 rings (SSSR count). The summed E-state index contributed by atoms with van der Waals surface area (Å²) in [5.41, 5.74) is 1.92. The molecule has 1 fully saturated rings. The van der Waals surface area contributed by atoms with Crippen molar-refractivity contribution in [3.63, 3.8) is 0 Å². The van der Waals surface area contributed by atoms with E-state index in [0.29, 0.717) is 6.54 Å². The average molecular weight is 341 g/mol. The summed E-state index contributed by atoms with van der Waals surface area (Å²) >= 11 is 0. The van der Waals surface area contributed by atoms with Gasteiger partial charge in [0.05, 0.1) is 17.0 Å². The molecule has 0 spiro atoms. The Kier molecular flexibility index (Phi) is 4.35. The van der Waals surface area contributed by atoms with Crippen molar-refractivity contribution in [1.82, 2.24) is 15.4 Å². The van der Waals surface area contributed by atoms with Gasteiger partial charge >= 0.3 is 6.03 Å². The zero-order valence-corrected chi connectivity index (χ0v) is 14.4. The van der Waals surface area contributed by atoms with E-state index in [4.69, 9.17) is 4.52 Å². The van der Waals surface area contributed by atoms with Crippen molar-refractivity contribution < 1.29 is 17.7 Å². The van der Waals surface area contributed by atoms with Crippen LogP contribution in [0, 0.1) is 0 Å². The molecule has 0 bridgehead atoms. The number of amides is 2. The average Bonchev–Trinajstić information content (AvgIpc) is 2.93. The highest BCUT2D eigenvalue weighted by molar-refractivity contribution is 7.92. The van der Waals surface area contributed by atoms with Gasteiger partial charge in [-0.25, -0.2) is 13.2 Å². The van der Waals surface area contributed by atoms with Crippen molar-refractivity contribution in [2.75, 3.05) is 13.1 Å². The molecule has 2 unspecified atom stereocenters. The van der Waals surface area contributed by atoms with Gasteiger partial charge in [-0.3, -0.25) is 0 Å². The summed E-state index contributed by atoms with van der Waals surface area (Å²) in [5, 5.41) is 5.85. The Bertz CT molecular complexity index is 680. The maximum absolute atomic E-state index is 12.3. The standard InChI is InChI=1S/C15H23N3O4S/c1-10-8-18(9-11(2)23(10,20)21)15(19)16-7-13-12-5-3-4-6-14(12)22-17-13/h10-11H,3-9H2,1-2H3,(H,16,19). The van der Waals surface area contributed by atoms with E-state index in [-0.39, 0.29) is 19.1 Å². The van der Waals surface area contributed by atoms with Gasteiger partial charge in [-0.1, -0.05) is 5.16 Å². The number of urea groups is 1. The fourth-order valence-corrected chi connectivity index (χ4v) is 4.89. The number of rotatable bonds is 2. The van der Waals surface area contributed by atoms with Crippen LogP contribution in [0.15, 0.2) is 4.52 Å². The van der Waals surface area contributed by atoms with Gasteiger partial charge in [0.25, 0.3) is 0 Å². The second kappa shape index (κ2) is 6.14. The largest absolute Gasteiger partial charge is 0.361 e. The van der Waals surface area contributed by atoms with E-state index in [1.807, 2.05) is 0 Å². The van der Waals surface area contributed by atoms with Gasteiger partial charge in [-0.15, -0.1) is 0 Å². The van der Waals surface area contributed by atoms with E-state index >= 15 is 0 Å². The summed E-state index contributed by atoms with van der Waals surface area (Å²) in [4.78, 5) is 13.9. The molecule has 7 nitrogen and oxygen atoms in total. The van der Waals surface area contributed by atoms with Gasteiger partial charge in [-0.05, 0) is 33.1 Å². The highest BCUT2D eigenvalue weighted by Crippen LogP contribution is 2.24. The Hall–Kier alpha value is -1.57. The van der Waals surface area contributed by atoms with Crippen molar-refractivity contribution in [2.24, 2.45) is 0 Å². The minimum atomic E-state index is -3.13. The molecule has 0 saturated carbocycles. The Labute approximate surface area is 136 Å². The number of aryl methyl sites for hydroxylation is 1. The lowest BCUT2D eigenvalue weighted by Crippen LogP contribution is -2.54. The quantitative estimate of drug-likeness (QED) is 0.874. The number of sulfone groups is 1. The SMILES string of the molecule is CC1CN(C(=O)NCc2noc3c2CCCC3)CC(C)S1(=O)=O. The molecule has 128 valence electrons. The summed E-state index contributed by atoms with van der Waals surface area (Å²) in [6.07, 6.45) is 4.09. The topological polar surface area (TPSA) is 92.5 Å². The lowest BCUT2D eigenvalue weighted by Gasteiger charge is -2.34. The van der Waals surface area contributed by atoms with Gasteiger partial charge in [0.1, 0.15) is 11.5 Å². The van der Waals surface area contributed by atoms with Crippen molar-refractivity contribution in [3.05, 3.63) is 17.0 Å². The van der Waals surface area contributed by atoms with Gasteiger partial charge in [0.15, 0.2) is 9.84 Å². The van der Waals surface area contributed by atoms with Crippen molar-refractivity contribution in [3.8, 4) is 0 Å². The molecule has 8 heteroatoms. The Balaban J connectivity index is 1.61. The zero-order valence-electron chi connectivity index (χ0n) is 13.5. The van der Waals surface area contributed by atoms with Gasteiger partial charge in [-0.2, -0.15) is 0 Å². The number of hydrogen-bond acceptors (Lipinski definition) is 5. The third-order valence-corrected chi connectivity index (χ3v) is 7.34. The van der Waals surface area contributed by atoms with E-state index in [0.717, 1.165) is 42.7 Å². The Morgan fingerprint density at radius 3 is 2.61 bits per heavy atom. The number of carbonyl (C=O) groups is 1. The van der Waals surface area contributed by atoms with Crippen LogP contribution >= 0.6 is 0 Å². The minimum Gasteiger partial charge on any atom is -0.361 e. The molecule has 2 heterocycles. The minimum absolute atomic E-state index is 0.232. The number of nitrogens with one attached hydrogen (secondary N) is 1. The molecule has 1 N–H and O–H groups in total. The van der Waals surface area contributed by atoms with Crippen LogP contribution in [-0.2, 0) is 29.2 Å². The second-order valence-electron chi connectivity index (χ2n) is 6.51. The van der Waals surface area contributed by atoms with Crippen molar-refractivity contribution in [1.29, 1.82) is 0 Å². The molecular formula is C15H23N3O4S. The first-order valence-corrected chi connectivity index (χ1v) is 9.72. The first kappa shape index (κ1) is 16.3. The number of fused-ring (bicyclic) bond motifs is 1. The molecule has 2 amide bonds. The third kappa shape index (κ3) is 3.08. The van der Waals surface area contributed by atoms with E-state index in [1.165, 1.54) is 0 Å². The monoisotopic (exact) mass is 341 g/mol. The fraction of sp³-hybridized carbons (Fsp3) is 0.733. The molecule has 1 aromatic heterocycles. The van der Waals surface area contributed by atoms with Crippen LogP contribution in [0.2, 0.25) is 0 Å². The predicted molar refractivity (Wildman–Crippen MR) is 84.8 cm³/mol. The van der Waals surface area contributed by atoms with E-state index in [1.54, 1.807) is 18.7 Å².